The van der Waals surface area contributed by atoms with E-state index in [1.54, 1.807) is 26.0 Å². The van der Waals surface area contributed by atoms with Gasteiger partial charge in [0.1, 0.15) is 10.6 Å². The fourth-order valence-electron chi connectivity index (χ4n) is 4.64. The van der Waals surface area contributed by atoms with Gasteiger partial charge < -0.3 is 19.9 Å². The summed E-state index contributed by atoms with van der Waals surface area (Å²) in [5, 5.41) is 5.48. The van der Waals surface area contributed by atoms with E-state index in [0.717, 1.165) is 23.8 Å². The van der Waals surface area contributed by atoms with Gasteiger partial charge in [-0.2, -0.15) is 0 Å². The van der Waals surface area contributed by atoms with E-state index in [-0.39, 0.29) is 29.3 Å². The van der Waals surface area contributed by atoms with Crippen molar-refractivity contribution in [1.82, 2.24) is 15.3 Å². The zero-order valence-electron chi connectivity index (χ0n) is 19.3. The van der Waals surface area contributed by atoms with E-state index in [1.165, 1.54) is 11.3 Å². The molecule has 2 N–H and O–H groups in total. The first kappa shape index (κ1) is 25.7. The molecule has 190 valence electrons. The van der Waals surface area contributed by atoms with Gasteiger partial charge in [-0.1, -0.05) is 63.8 Å². The van der Waals surface area contributed by atoms with Crippen molar-refractivity contribution in [1.29, 1.82) is 0 Å². The van der Waals surface area contributed by atoms with E-state index in [2.05, 4.69) is 15.2 Å². The lowest BCUT2D eigenvalue weighted by molar-refractivity contribution is 0.0530. The molecule has 3 heterocycles. The van der Waals surface area contributed by atoms with Crippen LogP contribution in [0, 0.1) is 18.8 Å². The van der Waals surface area contributed by atoms with Gasteiger partial charge in [0.25, 0.3) is 5.91 Å². The number of ether oxygens (including phenoxy) is 1. The van der Waals surface area contributed by atoms with Gasteiger partial charge >= 0.3 is 5.97 Å². The number of rotatable bonds is 7. The highest BCUT2D eigenvalue weighted by atomic mass is 35.5. The highest BCUT2D eigenvalue weighted by Crippen LogP contribution is 2.48. The molecule has 36 heavy (non-hydrogen) atoms. The minimum Gasteiger partial charge on any atom is -0.462 e. The molecule has 2 aliphatic rings. The van der Waals surface area contributed by atoms with Crippen LogP contribution >= 0.6 is 57.7 Å². The van der Waals surface area contributed by atoms with Crippen molar-refractivity contribution in [2.75, 3.05) is 24.6 Å². The summed E-state index contributed by atoms with van der Waals surface area (Å²) in [6.07, 6.45) is 0.388. The minimum absolute atomic E-state index is 0.0593. The number of aryl methyl sites for hydroxylation is 1. The van der Waals surface area contributed by atoms with Gasteiger partial charge in [-0.25, -0.2) is 9.78 Å². The lowest BCUT2D eigenvalue weighted by Gasteiger charge is -2.19. The van der Waals surface area contributed by atoms with Crippen LogP contribution in [0.25, 0.3) is 0 Å². The average molecular weight is 588 g/mol. The molecule has 3 aromatic rings. The zero-order chi connectivity index (χ0) is 25.7. The Labute approximate surface area is 232 Å². The van der Waals surface area contributed by atoms with E-state index >= 15 is 0 Å². The van der Waals surface area contributed by atoms with Crippen molar-refractivity contribution in [3.05, 3.63) is 65.8 Å². The number of anilines is 1. The summed E-state index contributed by atoms with van der Waals surface area (Å²) in [7, 11) is 0. The molecule has 1 saturated heterocycles. The van der Waals surface area contributed by atoms with Crippen molar-refractivity contribution >= 4 is 74.7 Å². The van der Waals surface area contributed by atoms with Gasteiger partial charge in [0.2, 0.25) is 0 Å². The Morgan fingerprint density at radius 3 is 2.53 bits per heavy atom. The van der Waals surface area contributed by atoms with Crippen molar-refractivity contribution in [2.45, 2.75) is 26.3 Å². The molecule has 7 nitrogen and oxygen atoms in total. The van der Waals surface area contributed by atoms with Crippen LogP contribution in [0.4, 0.5) is 5.13 Å². The normalized spacial score (nSPS) is 20.4. The SMILES string of the molecule is CCOC(=O)c1sc(N2C[C@@H]3C(NC(=O)c4[nH]c(C)c(Cl)c4Cl)[C@@H]3C2)nc1Cc1ccc(Cl)cc1Cl. The van der Waals surface area contributed by atoms with Crippen LogP contribution in [-0.4, -0.2) is 47.6 Å². The van der Waals surface area contributed by atoms with E-state index < -0.39 is 5.97 Å². The molecule has 1 aromatic carbocycles. The molecular weight excluding hydrogens is 566 g/mol. The quantitative estimate of drug-likeness (QED) is 0.330. The number of hydrogen-bond acceptors (Lipinski definition) is 6. The van der Waals surface area contributed by atoms with Crippen LogP contribution in [0.15, 0.2) is 18.2 Å². The number of aromatic amines is 1. The predicted octanol–water partition coefficient (Wildman–Crippen LogP) is 6.03. The third-order valence-electron chi connectivity index (χ3n) is 6.56. The second kappa shape index (κ2) is 10.1. The number of carbonyl (C=O) groups is 2. The Balaban J connectivity index is 1.28. The standard InChI is InChI=1S/C24H22Cl4N4O3S/c1-3-35-23(34)21-16(6-11-4-5-12(25)7-15(11)26)30-24(36-21)32-8-13-14(9-32)19(13)31-22(33)20-18(28)17(27)10(2)29-20/h4-5,7,13-14,19,29H,3,6,8-9H2,1-2H3,(H,31,33)/t13-,14+,19?. The predicted molar refractivity (Wildman–Crippen MR) is 143 cm³/mol. The molecule has 0 spiro atoms. The number of thiazole rings is 1. The number of H-pyrrole nitrogens is 1. The van der Waals surface area contributed by atoms with Crippen molar-refractivity contribution in [2.24, 2.45) is 11.8 Å². The molecule has 2 aromatic heterocycles. The van der Waals surface area contributed by atoms with Crippen molar-refractivity contribution in [3.8, 4) is 0 Å². The number of benzene rings is 1. The minimum atomic E-state index is -0.396. The van der Waals surface area contributed by atoms with Crippen LogP contribution in [0.2, 0.25) is 20.1 Å². The second-order valence-electron chi connectivity index (χ2n) is 8.89. The van der Waals surface area contributed by atoms with E-state index in [1.807, 2.05) is 6.07 Å². The number of fused-ring (bicyclic) bond motifs is 1. The molecule has 3 atom stereocenters. The topological polar surface area (TPSA) is 87.3 Å². The molecule has 12 heteroatoms. The molecule has 0 radical (unpaired) electrons. The Hall–Kier alpha value is -1.97. The van der Waals surface area contributed by atoms with Gasteiger partial charge in [0.15, 0.2) is 5.13 Å². The third kappa shape index (κ3) is 4.82. The van der Waals surface area contributed by atoms with Crippen molar-refractivity contribution < 1.29 is 14.3 Å². The molecule has 1 amide bonds. The maximum absolute atomic E-state index is 12.7. The molecule has 1 aliphatic carbocycles. The Morgan fingerprint density at radius 1 is 1.19 bits per heavy atom. The number of hydrogen-bond donors (Lipinski definition) is 2. The van der Waals surface area contributed by atoms with Gasteiger partial charge in [-0.3, -0.25) is 4.79 Å². The molecule has 0 bridgehead atoms. The zero-order valence-corrected chi connectivity index (χ0v) is 23.2. The number of esters is 1. The fourth-order valence-corrected chi connectivity index (χ4v) is 6.53. The maximum Gasteiger partial charge on any atom is 0.350 e. The lowest BCUT2D eigenvalue weighted by atomic mass is 10.1. The Bertz CT molecular complexity index is 1350. The summed E-state index contributed by atoms with van der Waals surface area (Å²) in [5.74, 6) is -0.0683. The number of carbonyl (C=O) groups excluding carboxylic acids is 2. The fraction of sp³-hybridized carbons (Fsp3) is 0.375. The summed E-state index contributed by atoms with van der Waals surface area (Å²) in [6, 6.07) is 5.33. The number of nitrogens with zero attached hydrogens (tertiary/aromatic N) is 2. The van der Waals surface area contributed by atoms with E-state index in [0.29, 0.717) is 49.6 Å². The summed E-state index contributed by atoms with van der Waals surface area (Å²) < 4.78 is 5.27. The molecule has 1 unspecified atom stereocenters. The van der Waals surface area contributed by atoms with Crippen LogP contribution < -0.4 is 10.2 Å². The number of halogens is 4. The van der Waals surface area contributed by atoms with Crippen LogP contribution in [-0.2, 0) is 11.2 Å². The summed E-state index contributed by atoms with van der Waals surface area (Å²) in [5.41, 5.74) is 2.39. The molecule has 1 saturated carbocycles. The van der Waals surface area contributed by atoms with Crippen LogP contribution in [0.3, 0.4) is 0 Å². The molecule has 1 aliphatic heterocycles. The molecule has 2 fully saturated rings. The Kier molecular flexibility index (Phi) is 7.18. The average Bonchev–Trinajstić information content (AvgIpc) is 3.20. The van der Waals surface area contributed by atoms with Crippen molar-refractivity contribution in [3.63, 3.8) is 0 Å². The summed E-state index contributed by atoms with van der Waals surface area (Å²) in [4.78, 5) is 35.7. The Morgan fingerprint density at radius 2 is 1.92 bits per heavy atom. The highest BCUT2D eigenvalue weighted by molar-refractivity contribution is 7.17. The summed E-state index contributed by atoms with van der Waals surface area (Å²) >= 11 is 26.0. The lowest BCUT2D eigenvalue weighted by Crippen LogP contribution is -2.34. The van der Waals surface area contributed by atoms with Gasteiger partial charge in [0, 0.05) is 53.1 Å². The van der Waals surface area contributed by atoms with E-state index in [9.17, 15) is 9.59 Å². The number of amides is 1. The van der Waals surface area contributed by atoms with Gasteiger partial charge in [-0.15, -0.1) is 0 Å². The number of aromatic nitrogens is 2. The molecule has 5 rings (SSSR count). The first-order chi connectivity index (χ1) is 17.2. The second-order valence-corrected chi connectivity index (χ2v) is 11.5. The van der Waals surface area contributed by atoms with Gasteiger partial charge in [-0.05, 0) is 31.5 Å². The largest absolute Gasteiger partial charge is 0.462 e. The van der Waals surface area contributed by atoms with E-state index in [4.69, 9.17) is 56.1 Å². The first-order valence-electron chi connectivity index (χ1n) is 11.4. The van der Waals surface area contributed by atoms with Gasteiger partial charge in [0.05, 0.1) is 22.3 Å². The smallest absolute Gasteiger partial charge is 0.350 e. The maximum atomic E-state index is 12.7. The van der Waals surface area contributed by atoms with Crippen LogP contribution in [0.5, 0.6) is 0 Å². The summed E-state index contributed by atoms with van der Waals surface area (Å²) in [6.45, 7) is 5.27. The highest BCUT2D eigenvalue weighted by Gasteiger charge is 2.57. The van der Waals surface area contributed by atoms with Crippen LogP contribution in [0.1, 0.15) is 44.0 Å². The monoisotopic (exact) mass is 586 g/mol. The third-order valence-corrected chi connectivity index (χ3v) is 9.24. The number of nitrogens with one attached hydrogen (secondary N) is 2. The molecular formula is C24H22Cl4N4O3S. The number of piperidine rings is 1. The first-order valence-corrected chi connectivity index (χ1v) is 13.7.